The topological polar surface area (TPSA) is 119 Å². The van der Waals surface area contributed by atoms with E-state index in [1.165, 1.54) is 12.4 Å². The number of likely N-dealkylation sites (N-methyl/N-ethyl adjacent to an activating group) is 1. The van der Waals surface area contributed by atoms with Crippen molar-refractivity contribution in [2.45, 2.75) is 32.7 Å². The molecule has 0 unspecified atom stereocenters. The third-order valence-electron chi connectivity index (χ3n) is 7.35. The number of hydrogen-bond acceptors (Lipinski definition) is 9. The molecule has 0 spiro atoms. The van der Waals surface area contributed by atoms with Crippen LogP contribution >= 0.6 is 0 Å². The molecule has 1 aliphatic rings. The lowest BCUT2D eigenvalue weighted by molar-refractivity contribution is -0.114. The minimum atomic E-state index is -0.832. The van der Waals surface area contributed by atoms with Crippen molar-refractivity contribution < 1.29 is 18.7 Å². The number of amides is 1. The van der Waals surface area contributed by atoms with Crippen molar-refractivity contribution in [3.05, 3.63) is 78.8 Å². The standard InChI is InChI=1S/C31H31FN8O3/c1-4-42-28-16-25-23(15-26(28)37-31(41)24(32)13-21-6-5-10-39(21)3)30(34-17-33-25)36-20-7-8-27(19(2)12-20)43-22-9-11-40-18-35-38-29(40)14-22/h7-9,11-18,21H,4-6,10H2,1-3H3,(H,37,41)(H,33,34,36)/b24-13-/t21-/m1/s1. The first-order valence-corrected chi connectivity index (χ1v) is 14.0. The Morgan fingerprint density at radius 3 is 2.84 bits per heavy atom. The highest BCUT2D eigenvalue weighted by Gasteiger charge is 2.22. The number of halogens is 1. The Labute approximate surface area is 247 Å². The van der Waals surface area contributed by atoms with Gasteiger partial charge in [0.25, 0.3) is 5.91 Å². The van der Waals surface area contributed by atoms with E-state index in [1.807, 2.05) is 62.3 Å². The highest BCUT2D eigenvalue weighted by atomic mass is 19.1. The second kappa shape index (κ2) is 12.0. The average molecular weight is 583 g/mol. The van der Waals surface area contributed by atoms with Crippen LogP contribution in [0.15, 0.2) is 73.2 Å². The molecule has 1 aliphatic heterocycles. The van der Waals surface area contributed by atoms with Crippen LogP contribution in [0.5, 0.6) is 17.2 Å². The van der Waals surface area contributed by atoms with E-state index in [0.717, 1.165) is 30.6 Å². The molecule has 12 heteroatoms. The summed E-state index contributed by atoms with van der Waals surface area (Å²) in [6, 6.07) is 12.6. The first-order chi connectivity index (χ1) is 20.9. The molecule has 0 bridgehead atoms. The Morgan fingerprint density at radius 1 is 1.16 bits per heavy atom. The van der Waals surface area contributed by atoms with Gasteiger partial charge in [-0.25, -0.2) is 14.4 Å². The van der Waals surface area contributed by atoms with Crippen LogP contribution in [0, 0.1) is 6.92 Å². The zero-order valence-electron chi connectivity index (χ0n) is 24.0. The summed E-state index contributed by atoms with van der Waals surface area (Å²) in [5, 5.41) is 14.6. The SMILES string of the molecule is CCOc1cc2ncnc(Nc3ccc(Oc4ccn5cnnc5c4)c(C)c3)c2cc1NC(=O)/C(F)=C/[C@H]1CCCN1C. The van der Waals surface area contributed by atoms with Gasteiger partial charge >= 0.3 is 0 Å². The van der Waals surface area contributed by atoms with Crippen molar-refractivity contribution in [3.63, 3.8) is 0 Å². The Hall–Kier alpha value is -5.10. The summed E-state index contributed by atoms with van der Waals surface area (Å²) in [5.41, 5.74) is 3.28. The second-order valence-electron chi connectivity index (χ2n) is 10.3. The van der Waals surface area contributed by atoms with Crippen LogP contribution in [-0.4, -0.2) is 61.6 Å². The molecule has 4 heterocycles. The molecule has 2 N–H and O–H groups in total. The van der Waals surface area contributed by atoms with Gasteiger partial charge in [0, 0.05) is 35.4 Å². The Bertz CT molecular complexity index is 1840. The fraction of sp³-hybridized carbons (Fsp3) is 0.258. The number of nitrogens with zero attached hydrogens (tertiary/aromatic N) is 6. The lowest BCUT2D eigenvalue weighted by Crippen LogP contribution is -2.24. The van der Waals surface area contributed by atoms with E-state index < -0.39 is 11.7 Å². The number of carbonyl (C=O) groups excluding carboxylic acids is 1. The summed E-state index contributed by atoms with van der Waals surface area (Å²) in [6.45, 7) is 5.01. The number of ether oxygens (including phenoxy) is 2. The maximum Gasteiger partial charge on any atom is 0.284 e. The van der Waals surface area contributed by atoms with E-state index in [9.17, 15) is 9.18 Å². The molecule has 11 nitrogen and oxygen atoms in total. The Kier molecular flexibility index (Phi) is 7.84. The average Bonchev–Trinajstić information content (AvgIpc) is 3.63. The minimum absolute atomic E-state index is 0.101. The Morgan fingerprint density at radius 2 is 2.05 bits per heavy atom. The van der Waals surface area contributed by atoms with E-state index in [1.54, 1.807) is 22.9 Å². The first kappa shape index (κ1) is 28.0. The van der Waals surface area contributed by atoms with Crippen molar-refractivity contribution in [3.8, 4) is 17.2 Å². The normalized spacial score (nSPS) is 15.6. The number of benzene rings is 2. The molecular weight excluding hydrogens is 551 g/mol. The molecule has 0 radical (unpaired) electrons. The van der Waals surface area contributed by atoms with Crippen LogP contribution in [0.2, 0.25) is 0 Å². The van der Waals surface area contributed by atoms with Crippen molar-refractivity contribution in [1.82, 2.24) is 29.5 Å². The van der Waals surface area contributed by atoms with Gasteiger partial charge in [0.05, 0.1) is 17.8 Å². The number of anilines is 3. The van der Waals surface area contributed by atoms with E-state index in [2.05, 4.69) is 30.8 Å². The molecule has 1 fully saturated rings. The maximum atomic E-state index is 14.9. The number of aromatic nitrogens is 5. The van der Waals surface area contributed by atoms with Crippen molar-refractivity contribution in [2.75, 3.05) is 30.8 Å². The first-order valence-electron chi connectivity index (χ1n) is 14.0. The molecule has 5 aromatic rings. The number of rotatable bonds is 9. The quantitative estimate of drug-likeness (QED) is 0.208. The summed E-state index contributed by atoms with van der Waals surface area (Å²) < 4.78 is 28.6. The fourth-order valence-electron chi connectivity index (χ4n) is 5.10. The summed E-state index contributed by atoms with van der Waals surface area (Å²) in [4.78, 5) is 23.7. The van der Waals surface area contributed by atoms with Gasteiger partial charge in [0.2, 0.25) is 0 Å². The summed E-state index contributed by atoms with van der Waals surface area (Å²) >= 11 is 0. The molecule has 1 amide bonds. The van der Waals surface area contributed by atoms with Gasteiger partial charge < -0.3 is 20.1 Å². The van der Waals surface area contributed by atoms with Crippen molar-refractivity contribution >= 4 is 39.6 Å². The summed E-state index contributed by atoms with van der Waals surface area (Å²) in [7, 11) is 1.92. The molecule has 1 saturated heterocycles. The molecule has 220 valence electrons. The van der Waals surface area contributed by atoms with Gasteiger partial charge in [-0.2, -0.15) is 0 Å². The summed E-state index contributed by atoms with van der Waals surface area (Å²) in [6.07, 6.45) is 8.07. The molecular formula is C31H31FN8O3. The predicted molar refractivity (Wildman–Crippen MR) is 162 cm³/mol. The number of pyridine rings is 1. The predicted octanol–water partition coefficient (Wildman–Crippen LogP) is 5.80. The second-order valence-corrected chi connectivity index (χ2v) is 10.3. The van der Waals surface area contributed by atoms with Crippen LogP contribution in [0.25, 0.3) is 16.6 Å². The van der Waals surface area contributed by atoms with Crippen LogP contribution in [0.3, 0.4) is 0 Å². The van der Waals surface area contributed by atoms with Gasteiger partial charge in [-0.15, -0.1) is 10.2 Å². The maximum absolute atomic E-state index is 14.9. The van der Waals surface area contributed by atoms with Gasteiger partial charge in [0.1, 0.15) is 35.7 Å². The molecule has 2 aromatic carbocycles. The van der Waals surface area contributed by atoms with Gasteiger partial charge in [0.15, 0.2) is 11.5 Å². The van der Waals surface area contributed by atoms with E-state index in [4.69, 9.17) is 9.47 Å². The van der Waals surface area contributed by atoms with Gasteiger partial charge in [-0.05, 0) is 82.3 Å². The molecule has 6 rings (SSSR count). The number of likely N-dealkylation sites (tertiary alicyclic amines) is 1. The number of hydrogen-bond donors (Lipinski definition) is 2. The fourth-order valence-corrected chi connectivity index (χ4v) is 5.10. The van der Waals surface area contributed by atoms with Crippen LogP contribution < -0.4 is 20.1 Å². The number of aryl methyl sites for hydroxylation is 1. The molecule has 3 aromatic heterocycles. The zero-order valence-corrected chi connectivity index (χ0v) is 24.0. The zero-order chi connectivity index (χ0) is 29.9. The van der Waals surface area contributed by atoms with Gasteiger partial charge in [-0.3, -0.25) is 14.1 Å². The van der Waals surface area contributed by atoms with E-state index in [-0.39, 0.29) is 6.04 Å². The molecule has 1 atom stereocenters. The van der Waals surface area contributed by atoms with Crippen LogP contribution in [0.1, 0.15) is 25.3 Å². The van der Waals surface area contributed by atoms with E-state index >= 15 is 0 Å². The largest absolute Gasteiger partial charge is 0.492 e. The highest BCUT2D eigenvalue weighted by Crippen LogP contribution is 2.35. The number of carbonyl (C=O) groups is 1. The molecule has 0 aliphatic carbocycles. The van der Waals surface area contributed by atoms with Crippen LogP contribution in [0.4, 0.5) is 21.6 Å². The van der Waals surface area contributed by atoms with E-state index in [0.29, 0.717) is 51.9 Å². The number of fused-ring (bicyclic) bond motifs is 2. The molecule has 43 heavy (non-hydrogen) atoms. The highest BCUT2D eigenvalue weighted by molar-refractivity contribution is 6.05. The summed E-state index contributed by atoms with van der Waals surface area (Å²) in [5.74, 6) is 0.571. The Balaban J connectivity index is 1.25. The smallest absolute Gasteiger partial charge is 0.284 e. The monoisotopic (exact) mass is 582 g/mol. The van der Waals surface area contributed by atoms with Crippen molar-refractivity contribution in [1.29, 1.82) is 0 Å². The minimum Gasteiger partial charge on any atom is -0.492 e. The van der Waals surface area contributed by atoms with Crippen LogP contribution in [-0.2, 0) is 4.79 Å². The van der Waals surface area contributed by atoms with Gasteiger partial charge in [-0.1, -0.05) is 0 Å². The number of nitrogens with one attached hydrogen (secondary N) is 2. The third-order valence-corrected chi connectivity index (χ3v) is 7.35. The lowest BCUT2D eigenvalue weighted by atomic mass is 10.1. The van der Waals surface area contributed by atoms with Crippen molar-refractivity contribution in [2.24, 2.45) is 0 Å². The molecule has 0 saturated carbocycles. The lowest BCUT2D eigenvalue weighted by Gasteiger charge is -2.16. The third kappa shape index (κ3) is 6.09.